The first-order valence-electron chi connectivity index (χ1n) is 7.80. The van der Waals surface area contributed by atoms with Crippen molar-refractivity contribution < 1.29 is 4.39 Å². The van der Waals surface area contributed by atoms with Crippen LogP contribution in [-0.2, 0) is 0 Å². The molecule has 0 unspecified atom stereocenters. The molecule has 6 nitrogen and oxygen atoms in total. The van der Waals surface area contributed by atoms with Crippen LogP contribution in [0.1, 0.15) is 24.4 Å². The summed E-state index contributed by atoms with van der Waals surface area (Å²) < 4.78 is 20.2. The van der Waals surface area contributed by atoms with Crippen LogP contribution in [0.5, 0.6) is 0 Å². The predicted molar refractivity (Wildman–Crippen MR) is 101 cm³/mol. The third kappa shape index (κ3) is 4.13. The SMILES string of the molecule is N#Cc1ccc(NSN2CCC(n3ncc(Cl)c(Cl)c3=O)CC2)c(F)c1. The maximum absolute atomic E-state index is 13.9. The number of piperidine rings is 1. The number of anilines is 1. The van der Waals surface area contributed by atoms with Crippen LogP contribution < -0.4 is 10.3 Å². The number of hydrogen-bond donors (Lipinski definition) is 1. The molecular weight excluding hydrogens is 400 g/mol. The fourth-order valence-electron chi connectivity index (χ4n) is 2.64. The molecule has 26 heavy (non-hydrogen) atoms. The van der Waals surface area contributed by atoms with Gasteiger partial charge < -0.3 is 4.72 Å². The highest BCUT2D eigenvalue weighted by Crippen LogP contribution is 2.27. The van der Waals surface area contributed by atoms with E-state index in [0.717, 1.165) is 0 Å². The van der Waals surface area contributed by atoms with Gasteiger partial charge in [-0.05, 0) is 31.0 Å². The van der Waals surface area contributed by atoms with Gasteiger partial charge in [0.15, 0.2) is 0 Å². The van der Waals surface area contributed by atoms with Gasteiger partial charge in [-0.3, -0.25) is 4.79 Å². The highest BCUT2D eigenvalue weighted by atomic mass is 35.5. The maximum atomic E-state index is 13.9. The van der Waals surface area contributed by atoms with Gasteiger partial charge in [0.25, 0.3) is 5.56 Å². The van der Waals surface area contributed by atoms with Crippen LogP contribution in [0.15, 0.2) is 29.2 Å². The highest BCUT2D eigenvalue weighted by molar-refractivity contribution is 7.98. The molecule has 1 aliphatic rings. The Bertz CT molecular complexity index is 908. The lowest BCUT2D eigenvalue weighted by Gasteiger charge is -2.31. The van der Waals surface area contributed by atoms with E-state index < -0.39 is 5.82 Å². The maximum Gasteiger partial charge on any atom is 0.287 e. The summed E-state index contributed by atoms with van der Waals surface area (Å²) in [7, 11) is 0. The second kappa shape index (κ2) is 8.27. The van der Waals surface area contributed by atoms with Crippen LogP contribution in [0.25, 0.3) is 0 Å². The summed E-state index contributed by atoms with van der Waals surface area (Å²) in [5.74, 6) is -0.474. The number of halogens is 3. The lowest BCUT2D eigenvalue weighted by molar-refractivity contribution is 0.269. The summed E-state index contributed by atoms with van der Waals surface area (Å²) in [5.41, 5.74) is 0.208. The molecule has 1 aliphatic heterocycles. The number of nitriles is 1. The Morgan fingerprint density at radius 1 is 1.35 bits per heavy atom. The lowest BCUT2D eigenvalue weighted by atomic mass is 10.1. The van der Waals surface area contributed by atoms with E-state index >= 15 is 0 Å². The molecule has 10 heteroatoms. The normalized spacial score (nSPS) is 15.6. The van der Waals surface area contributed by atoms with Gasteiger partial charge in [-0.25, -0.2) is 13.4 Å². The largest absolute Gasteiger partial charge is 0.314 e. The molecule has 0 atom stereocenters. The van der Waals surface area contributed by atoms with Gasteiger partial charge in [0.2, 0.25) is 0 Å². The van der Waals surface area contributed by atoms with Crippen LogP contribution in [0, 0.1) is 17.1 Å². The number of nitrogens with one attached hydrogen (secondary N) is 1. The van der Waals surface area contributed by atoms with E-state index in [9.17, 15) is 9.18 Å². The van der Waals surface area contributed by atoms with Crippen LogP contribution in [0.3, 0.4) is 0 Å². The Hall–Kier alpha value is -1.79. The van der Waals surface area contributed by atoms with Crippen molar-refractivity contribution in [3.05, 3.63) is 56.2 Å². The summed E-state index contributed by atoms with van der Waals surface area (Å²) in [6.45, 7) is 1.38. The molecule has 0 bridgehead atoms. The summed E-state index contributed by atoms with van der Waals surface area (Å²) >= 11 is 13.0. The number of benzene rings is 1. The number of aromatic nitrogens is 2. The van der Waals surface area contributed by atoms with E-state index in [2.05, 4.69) is 9.82 Å². The average molecular weight is 414 g/mol. The number of nitrogens with zero attached hydrogens (tertiary/aromatic N) is 4. The molecule has 1 N–H and O–H groups in total. The molecule has 2 heterocycles. The standard InChI is InChI=1S/C16H14Cl2FN5OS/c17-12-9-21-24(16(25)15(12)18)11-3-5-23(6-4-11)26-22-14-2-1-10(8-20)7-13(14)19/h1-2,7,9,11,22H,3-6H2. The van der Waals surface area contributed by atoms with Crippen LogP contribution in [0.4, 0.5) is 10.1 Å². The molecule has 1 aromatic carbocycles. The number of rotatable bonds is 4. The minimum absolute atomic E-state index is 0.0172. The zero-order valence-corrected chi connectivity index (χ0v) is 15.8. The lowest BCUT2D eigenvalue weighted by Crippen LogP contribution is -2.36. The molecule has 1 saturated heterocycles. The molecular formula is C16H14Cl2FN5OS. The van der Waals surface area contributed by atoms with Gasteiger partial charge >= 0.3 is 0 Å². The summed E-state index contributed by atoms with van der Waals surface area (Å²) in [4.78, 5) is 12.2. The first-order valence-corrected chi connectivity index (χ1v) is 9.33. The zero-order valence-electron chi connectivity index (χ0n) is 13.5. The first-order chi connectivity index (χ1) is 12.5. The third-order valence-electron chi connectivity index (χ3n) is 4.05. The molecule has 1 fully saturated rings. The fourth-order valence-corrected chi connectivity index (χ4v) is 3.69. The van der Waals surface area contributed by atoms with E-state index in [4.69, 9.17) is 28.5 Å². The van der Waals surface area contributed by atoms with Crippen molar-refractivity contribution >= 4 is 41.0 Å². The highest BCUT2D eigenvalue weighted by Gasteiger charge is 2.24. The fraction of sp³-hybridized carbons (Fsp3) is 0.312. The quantitative estimate of drug-likeness (QED) is 0.766. The topological polar surface area (TPSA) is 74.0 Å². The molecule has 0 spiro atoms. The van der Waals surface area contributed by atoms with E-state index in [0.29, 0.717) is 31.6 Å². The van der Waals surface area contributed by atoms with Gasteiger partial charge in [-0.1, -0.05) is 23.2 Å². The van der Waals surface area contributed by atoms with Crippen LogP contribution in [-0.4, -0.2) is 27.2 Å². The minimum atomic E-state index is -0.474. The Balaban J connectivity index is 1.57. The van der Waals surface area contributed by atoms with Crippen molar-refractivity contribution in [2.45, 2.75) is 18.9 Å². The van der Waals surface area contributed by atoms with Gasteiger partial charge in [-0.15, -0.1) is 0 Å². The van der Waals surface area contributed by atoms with E-state index in [1.54, 1.807) is 6.07 Å². The van der Waals surface area contributed by atoms with Crippen molar-refractivity contribution in [3.63, 3.8) is 0 Å². The molecule has 1 aromatic heterocycles. The van der Waals surface area contributed by atoms with Crippen molar-refractivity contribution in [3.8, 4) is 6.07 Å². The van der Waals surface area contributed by atoms with Crippen LogP contribution in [0.2, 0.25) is 10.0 Å². The zero-order chi connectivity index (χ0) is 18.7. The molecule has 0 radical (unpaired) electrons. The Labute approximate surface area is 163 Å². The average Bonchev–Trinajstić information content (AvgIpc) is 2.66. The predicted octanol–water partition coefficient (Wildman–Crippen LogP) is 3.87. The van der Waals surface area contributed by atoms with Gasteiger partial charge in [0.05, 0.1) is 34.6 Å². The van der Waals surface area contributed by atoms with Crippen molar-refractivity contribution in [2.75, 3.05) is 17.8 Å². The minimum Gasteiger partial charge on any atom is -0.314 e. The van der Waals surface area contributed by atoms with E-state index in [1.807, 2.05) is 10.4 Å². The van der Waals surface area contributed by atoms with E-state index in [-0.39, 0.29) is 27.2 Å². The Kier molecular flexibility index (Phi) is 6.04. The second-order valence-corrected chi connectivity index (χ2v) is 7.40. The Morgan fingerprint density at radius 2 is 2.08 bits per heavy atom. The summed E-state index contributed by atoms with van der Waals surface area (Å²) in [6, 6.07) is 6.12. The molecule has 0 amide bonds. The summed E-state index contributed by atoms with van der Waals surface area (Å²) in [5, 5.41) is 13.0. The van der Waals surface area contributed by atoms with Crippen LogP contribution >= 0.6 is 35.3 Å². The van der Waals surface area contributed by atoms with Gasteiger partial charge in [0.1, 0.15) is 10.8 Å². The smallest absolute Gasteiger partial charge is 0.287 e. The molecule has 0 saturated carbocycles. The first kappa shape index (κ1) is 19.0. The molecule has 3 rings (SSSR count). The third-order valence-corrected chi connectivity index (χ3v) is 5.74. The monoisotopic (exact) mass is 413 g/mol. The summed E-state index contributed by atoms with van der Waals surface area (Å²) in [6.07, 6.45) is 2.78. The number of hydrogen-bond acceptors (Lipinski definition) is 6. The van der Waals surface area contributed by atoms with Crippen molar-refractivity contribution in [1.82, 2.24) is 14.1 Å². The molecule has 2 aromatic rings. The Morgan fingerprint density at radius 3 is 2.73 bits per heavy atom. The van der Waals surface area contributed by atoms with Crippen molar-refractivity contribution in [1.29, 1.82) is 5.26 Å². The molecule has 0 aliphatic carbocycles. The molecule has 136 valence electrons. The van der Waals surface area contributed by atoms with Gasteiger partial charge in [-0.2, -0.15) is 10.4 Å². The van der Waals surface area contributed by atoms with E-state index in [1.165, 1.54) is 35.1 Å². The van der Waals surface area contributed by atoms with Gasteiger partial charge in [0, 0.05) is 25.2 Å². The second-order valence-electron chi connectivity index (χ2n) is 5.72. The van der Waals surface area contributed by atoms with Crippen molar-refractivity contribution in [2.24, 2.45) is 0 Å².